The first-order valence-corrected chi connectivity index (χ1v) is 6.44. The molecule has 4 nitrogen and oxygen atoms in total. The Kier molecular flexibility index (Phi) is 4.84. The maximum atomic E-state index is 9.67. The van der Waals surface area contributed by atoms with Crippen molar-refractivity contribution in [3.8, 4) is 11.5 Å². The van der Waals surface area contributed by atoms with Crippen LogP contribution in [0.2, 0.25) is 0 Å². The summed E-state index contributed by atoms with van der Waals surface area (Å²) in [5.41, 5.74) is 1.07. The topological polar surface area (TPSA) is 50.7 Å². The van der Waals surface area contributed by atoms with Crippen molar-refractivity contribution >= 4 is 0 Å². The van der Waals surface area contributed by atoms with E-state index in [2.05, 4.69) is 5.32 Å². The number of phenols is 1. The van der Waals surface area contributed by atoms with Gasteiger partial charge in [0.2, 0.25) is 0 Å². The summed E-state index contributed by atoms with van der Waals surface area (Å²) in [4.78, 5) is 0. The van der Waals surface area contributed by atoms with E-state index in [-0.39, 0.29) is 5.75 Å². The number of hydrogen-bond acceptors (Lipinski definition) is 4. The molecule has 0 aromatic heterocycles. The molecule has 0 saturated carbocycles. The number of nitrogens with one attached hydrogen (secondary N) is 1. The number of ether oxygens (including phenoxy) is 2. The smallest absolute Gasteiger partial charge is 0.160 e. The standard InChI is InChI=1S/C14H21NO3/c1-17-14-3-2-12(8-13(14)16)10-15-9-11-4-6-18-7-5-11/h2-3,8,11,15-16H,4-7,9-10H2,1H3. The molecular formula is C14H21NO3. The Morgan fingerprint density at radius 3 is 2.83 bits per heavy atom. The maximum Gasteiger partial charge on any atom is 0.160 e. The van der Waals surface area contributed by atoms with Crippen LogP contribution in [0.5, 0.6) is 11.5 Å². The maximum absolute atomic E-state index is 9.67. The third-order valence-corrected chi connectivity index (χ3v) is 3.35. The van der Waals surface area contributed by atoms with Crippen molar-refractivity contribution in [1.82, 2.24) is 5.32 Å². The van der Waals surface area contributed by atoms with Crippen molar-refractivity contribution in [2.75, 3.05) is 26.9 Å². The van der Waals surface area contributed by atoms with Gasteiger partial charge in [-0.05, 0) is 43.0 Å². The Morgan fingerprint density at radius 2 is 2.17 bits per heavy atom. The molecule has 1 aliphatic heterocycles. The lowest BCUT2D eigenvalue weighted by Crippen LogP contribution is -2.27. The van der Waals surface area contributed by atoms with Crippen molar-refractivity contribution in [2.45, 2.75) is 19.4 Å². The van der Waals surface area contributed by atoms with Crippen molar-refractivity contribution < 1.29 is 14.6 Å². The lowest BCUT2D eigenvalue weighted by molar-refractivity contribution is 0.0662. The largest absolute Gasteiger partial charge is 0.504 e. The van der Waals surface area contributed by atoms with Crippen molar-refractivity contribution in [3.63, 3.8) is 0 Å². The molecule has 0 unspecified atom stereocenters. The first-order valence-electron chi connectivity index (χ1n) is 6.44. The molecule has 0 aliphatic carbocycles. The molecule has 0 spiro atoms. The SMILES string of the molecule is COc1ccc(CNCC2CCOCC2)cc1O. The van der Waals surface area contributed by atoms with Crippen LogP contribution in [0.25, 0.3) is 0 Å². The number of benzene rings is 1. The Balaban J connectivity index is 1.77. The molecule has 100 valence electrons. The van der Waals surface area contributed by atoms with E-state index in [0.29, 0.717) is 11.7 Å². The zero-order valence-electron chi connectivity index (χ0n) is 10.8. The van der Waals surface area contributed by atoms with Gasteiger partial charge in [0.1, 0.15) is 0 Å². The predicted octanol–water partition coefficient (Wildman–Crippen LogP) is 1.92. The normalized spacial score (nSPS) is 16.7. The number of aromatic hydroxyl groups is 1. The fourth-order valence-corrected chi connectivity index (χ4v) is 2.22. The zero-order chi connectivity index (χ0) is 12.8. The summed E-state index contributed by atoms with van der Waals surface area (Å²) in [6.07, 6.45) is 2.28. The fraction of sp³-hybridized carbons (Fsp3) is 0.571. The van der Waals surface area contributed by atoms with Crippen molar-refractivity contribution in [3.05, 3.63) is 23.8 Å². The summed E-state index contributed by atoms with van der Waals surface area (Å²) < 4.78 is 10.3. The van der Waals surface area contributed by atoms with Crippen LogP contribution in [0.4, 0.5) is 0 Å². The number of rotatable bonds is 5. The summed E-state index contributed by atoms with van der Waals surface area (Å²) in [6.45, 7) is 3.55. The van der Waals surface area contributed by atoms with Gasteiger partial charge in [-0.15, -0.1) is 0 Å². The Morgan fingerprint density at radius 1 is 1.39 bits per heavy atom. The number of hydrogen-bond donors (Lipinski definition) is 2. The van der Waals surface area contributed by atoms with Gasteiger partial charge in [-0.25, -0.2) is 0 Å². The molecule has 1 heterocycles. The average molecular weight is 251 g/mol. The van der Waals surface area contributed by atoms with Gasteiger partial charge in [-0.2, -0.15) is 0 Å². The van der Waals surface area contributed by atoms with Crippen LogP contribution in [0.3, 0.4) is 0 Å². The predicted molar refractivity (Wildman–Crippen MR) is 69.9 cm³/mol. The highest BCUT2D eigenvalue weighted by molar-refractivity contribution is 5.41. The van der Waals surface area contributed by atoms with Crippen LogP contribution in [-0.2, 0) is 11.3 Å². The van der Waals surface area contributed by atoms with Gasteiger partial charge in [-0.1, -0.05) is 6.07 Å². The molecule has 2 N–H and O–H groups in total. The van der Waals surface area contributed by atoms with E-state index in [9.17, 15) is 5.11 Å². The molecule has 0 amide bonds. The molecule has 4 heteroatoms. The first-order chi connectivity index (χ1) is 8.79. The molecule has 1 fully saturated rings. The van der Waals surface area contributed by atoms with Gasteiger partial charge in [0.05, 0.1) is 7.11 Å². The highest BCUT2D eigenvalue weighted by Gasteiger charge is 2.13. The van der Waals surface area contributed by atoms with E-state index in [0.717, 1.165) is 44.7 Å². The minimum Gasteiger partial charge on any atom is -0.504 e. The van der Waals surface area contributed by atoms with Crippen molar-refractivity contribution in [2.24, 2.45) is 5.92 Å². The molecular weight excluding hydrogens is 230 g/mol. The van der Waals surface area contributed by atoms with E-state index >= 15 is 0 Å². The van der Waals surface area contributed by atoms with E-state index in [1.54, 1.807) is 19.2 Å². The second kappa shape index (κ2) is 6.61. The molecule has 2 rings (SSSR count). The molecule has 1 aliphatic rings. The summed E-state index contributed by atoms with van der Waals surface area (Å²) in [5, 5.41) is 13.1. The quantitative estimate of drug-likeness (QED) is 0.839. The number of methoxy groups -OCH3 is 1. The van der Waals surface area contributed by atoms with E-state index < -0.39 is 0 Å². The summed E-state index contributed by atoms with van der Waals surface area (Å²) in [5.74, 6) is 1.43. The van der Waals surface area contributed by atoms with Crippen LogP contribution < -0.4 is 10.1 Å². The van der Waals surface area contributed by atoms with Crippen LogP contribution in [0.15, 0.2) is 18.2 Å². The summed E-state index contributed by atoms with van der Waals surface area (Å²) >= 11 is 0. The lowest BCUT2D eigenvalue weighted by atomic mass is 10.0. The monoisotopic (exact) mass is 251 g/mol. The third-order valence-electron chi connectivity index (χ3n) is 3.35. The summed E-state index contributed by atoms with van der Waals surface area (Å²) in [7, 11) is 1.55. The van der Waals surface area contributed by atoms with E-state index in [1.807, 2.05) is 6.07 Å². The third kappa shape index (κ3) is 3.62. The first kappa shape index (κ1) is 13.2. The second-order valence-corrected chi connectivity index (χ2v) is 4.69. The summed E-state index contributed by atoms with van der Waals surface area (Å²) in [6, 6.07) is 5.51. The second-order valence-electron chi connectivity index (χ2n) is 4.69. The Hall–Kier alpha value is -1.26. The Labute approximate surface area is 108 Å². The van der Waals surface area contributed by atoms with E-state index in [1.165, 1.54) is 0 Å². The van der Waals surface area contributed by atoms with Gasteiger partial charge in [0, 0.05) is 19.8 Å². The lowest BCUT2D eigenvalue weighted by Gasteiger charge is -2.22. The molecule has 0 radical (unpaired) electrons. The van der Waals surface area contributed by atoms with E-state index in [4.69, 9.17) is 9.47 Å². The Bertz CT molecular complexity index is 375. The molecule has 1 aromatic rings. The van der Waals surface area contributed by atoms with Gasteiger partial charge in [0.15, 0.2) is 11.5 Å². The molecule has 1 aromatic carbocycles. The molecule has 0 atom stereocenters. The van der Waals surface area contributed by atoms with Gasteiger partial charge >= 0.3 is 0 Å². The van der Waals surface area contributed by atoms with Gasteiger partial charge in [0.25, 0.3) is 0 Å². The van der Waals surface area contributed by atoms with Crippen LogP contribution in [0.1, 0.15) is 18.4 Å². The molecule has 0 bridgehead atoms. The minimum absolute atomic E-state index is 0.197. The van der Waals surface area contributed by atoms with Crippen molar-refractivity contribution in [1.29, 1.82) is 0 Å². The minimum atomic E-state index is 0.197. The average Bonchev–Trinajstić information content (AvgIpc) is 2.40. The van der Waals surface area contributed by atoms with Crippen LogP contribution >= 0.6 is 0 Å². The molecule has 1 saturated heterocycles. The fourth-order valence-electron chi connectivity index (χ4n) is 2.22. The zero-order valence-corrected chi connectivity index (χ0v) is 10.8. The molecule has 18 heavy (non-hydrogen) atoms. The van der Waals surface area contributed by atoms with Crippen LogP contribution in [0, 0.1) is 5.92 Å². The number of phenolic OH excluding ortho intramolecular Hbond substituents is 1. The highest BCUT2D eigenvalue weighted by atomic mass is 16.5. The van der Waals surface area contributed by atoms with Gasteiger partial charge < -0.3 is 19.9 Å². The van der Waals surface area contributed by atoms with Gasteiger partial charge in [-0.3, -0.25) is 0 Å². The highest BCUT2D eigenvalue weighted by Crippen LogP contribution is 2.26. The van der Waals surface area contributed by atoms with Crippen LogP contribution in [-0.4, -0.2) is 32.0 Å².